The third kappa shape index (κ3) is 6.74. The van der Waals surface area contributed by atoms with Crippen molar-refractivity contribution in [2.24, 2.45) is 5.10 Å². The van der Waals surface area contributed by atoms with Crippen molar-refractivity contribution < 1.29 is 24.2 Å². The zero-order valence-corrected chi connectivity index (χ0v) is 13.6. The Bertz CT molecular complexity index is 756. The average Bonchev–Trinajstić information content (AvgIpc) is 2.59. The van der Waals surface area contributed by atoms with E-state index in [1.54, 1.807) is 30.3 Å². The minimum Gasteiger partial charge on any atom is -0.546 e. The molecule has 2 aromatic rings. The second-order valence-electron chi connectivity index (χ2n) is 5.13. The summed E-state index contributed by atoms with van der Waals surface area (Å²) in [6.45, 7) is 1.29. The smallest absolute Gasteiger partial charge is 0.277 e. The molecule has 2 aromatic carbocycles. The van der Waals surface area contributed by atoms with Crippen molar-refractivity contribution in [3.63, 3.8) is 0 Å². The Morgan fingerprint density at radius 3 is 2.48 bits per heavy atom. The zero-order chi connectivity index (χ0) is 18.1. The molecule has 0 saturated heterocycles. The van der Waals surface area contributed by atoms with Crippen LogP contribution in [0.1, 0.15) is 11.1 Å². The van der Waals surface area contributed by atoms with Crippen LogP contribution < -0.4 is 20.0 Å². The number of nitrogens with one attached hydrogen (secondary N) is 1. The molecule has 0 unspecified atom stereocenters. The molecule has 7 heteroatoms. The van der Waals surface area contributed by atoms with E-state index >= 15 is 0 Å². The molecule has 1 N–H and O–H groups in total. The molecule has 0 bridgehead atoms. The molecular formula is C18H17N2O5-. The van der Waals surface area contributed by atoms with Gasteiger partial charge >= 0.3 is 0 Å². The molecule has 0 aliphatic carbocycles. The predicted octanol–water partition coefficient (Wildman–Crippen LogP) is 0.653. The highest BCUT2D eigenvalue weighted by Crippen LogP contribution is 2.12. The highest BCUT2D eigenvalue weighted by atomic mass is 16.5. The number of carbonyl (C=O) groups is 2. The number of amides is 1. The molecule has 0 spiro atoms. The van der Waals surface area contributed by atoms with Gasteiger partial charge in [0.1, 0.15) is 18.1 Å². The quantitative estimate of drug-likeness (QED) is 0.561. The van der Waals surface area contributed by atoms with Gasteiger partial charge in [0, 0.05) is 0 Å². The first-order valence-corrected chi connectivity index (χ1v) is 7.47. The van der Waals surface area contributed by atoms with Crippen LogP contribution >= 0.6 is 0 Å². The minimum absolute atomic E-state index is 0.142. The Hall–Kier alpha value is -3.35. The second kappa shape index (κ2) is 9.07. The third-order valence-corrected chi connectivity index (χ3v) is 3.00. The van der Waals surface area contributed by atoms with Crippen LogP contribution in [0.3, 0.4) is 0 Å². The van der Waals surface area contributed by atoms with E-state index in [1.807, 2.05) is 25.1 Å². The number of aliphatic carboxylic acids is 1. The lowest BCUT2D eigenvalue weighted by molar-refractivity contribution is -0.307. The van der Waals surface area contributed by atoms with Crippen LogP contribution in [0.25, 0.3) is 0 Å². The Labute approximate surface area is 144 Å². The van der Waals surface area contributed by atoms with E-state index in [1.165, 1.54) is 6.21 Å². The highest BCUT2D eigenvalue weighted by Gasteiger charge is 2.01. The van der Waals surface area contributed by atoms with E-state index in [-0.39, 0.29) is 12.5 Å². The second-order valence-corrected chi connectivity index (χ2v) is 5.13. The van der Waals surface area contributed by atoms with E-state index < -0.39 is 12.6 Å². The predicted molar refractivity (Wildman–Crippen MR) is 89.4 cm³/mol. The van der Waals surface area contributed by atoms with Gasteiger partial charge in [0.25, 0.3) is 5.91 Å². The van der Waals surface area contributed by atoms with Crippen LogP contribution in [0, 0.1) is 6.92 Å². The van der Waals surface area contributed by atoms with Gasteiger partial charge in [-0.25, -0.2) is 5.43 Å². The number of rotatable bonds is 8. The lowest BCUT2D eigenvalue weighted by atomic mass is 10.2. The summed E-state index contributed by atoms with van der Waals surface area (Å²) in [5, 5.41) is 14.1. The first-order chi connectivity index (χ1) is 12.0. The SMILES string of the molecule is Cc1cccc(OCC(=O)N/N=C\c2ccc(OCC(=O)[O-])cc2)c1. The third-order valence-electron chi connectivity index (χ3n) is 3.00. The van der Waals surface area contributed by atoms with Gasteiger partial charge in [-0.2, -0.15) is 5.10 Å². The molecule has 0 fully saturated rings. The van der Waals surface area contributed by atoms with E-state index in [0.29, 0.717) is 17.1 Å². The van der Waals surface area contributed by atoms with Gasteiger partial charge in [-0.15, -0.1) is 0 Å². The number of nitrogens with zero attached hydrogens (tertiary/aromatic N) is 1. The number of carbonyl (C=O) groups excluding carboxylic acids is 2. The molecule has 0 aromatic heterocycles. The zero-order valence-electron chi connectivity index (χ0n) is 13.6. The lowest BCUT2D eigenvalue weighted by Crippen LogP contribution is -2.28. The van der Waals surface area contributed by atoms with E-state index in [0.717, 1.165) is 5.56 Å². The fourth-order valence-corrected chi connectivity index (χ4v) is 1.86. The van der Waals surface area contributed by atoms with Crippen molar-refractivity contribution >= 4 is 18.1 Å². The maximum absolute atomic E-state index is 11.7. The Balaban J connectivity index is 1.76. The fraction of sp³-hybridized carbons (Fsp3) is 0.167. The maximum Gasteiger partial charge on any atom is 0.277 e. The fourth-order valence-electron chi connectivity index (χ4n) is 1.86. The van der Waals surface area contributed by atoms with Crippen molar-refractivity contribution in [2.45, 2.75) is 6.92 Å². The van der Waals surface area contributed by atoms with Crippen LogP contribution in [0.2, 0.25) is 0 Å². The van der Waals surface area contributed by atoms with Crippen LogP contribution in [-0.2, 0) is 9.59 Å². The standard InChI is InChI=1S/C18H18N2O5/c1-13-3-2-4-16(9-13)24-11-17(21)20-19-10-14-5-7-15(8-6-14)25-12-18(22)23/h2-10H,11-12H2,1H3,(H,20,21)(H,22,23)/p-1/b19-10-. The number of aryl methyl sites for hydroxylation is 1. The largest absolute Gasteiger partial charge is 0.546 e. The van der Waals surface area contributed by atoms with Gasteiger partial charge in [-0.1, -0.05) is 12.1 Å². The highest BCUT2D eigenvalue weighted by molar-refractivity contribution is 5.83. The molecular weight excluding hydrogens is 324 g/mol. The monoisotopic (exact) mass is 341 g/mol. The Morgan fingerprint density at radius 2 is 1.80 bits per heavy atom. The summed E-state index contributed by atoms with van der Waals surface area (Å²) in [7, 11) is 0. The summed E-state index contributed by atoms with van der Waals surface area (Å²) in [6, 6.07) is 13.9. The van der Waals surface area contributed by atoms with Crippen molar-refractivity contribution in [3.05, 3.63) is 59.7 Å². The molecule has 0 radical (unpaired) electrons. The van der Waals surface area contributed by atoms with Crippen molar-refractivity contribution in [1.29, 1.82) is 0 Å². The van der Waals surface area contributed by atoms with Gasteiger partial charge in [-0.3, -0.25) is 4.79 Å². The number of hydrogen-bond acceptors (Lipinski definition) is 6. The normalized spacial score (nSPS) is 10.4. The van der Waals surface area contributed by atoms with Gasteiger partial charge < -0.3 is 19.4 Å². The molecule has 0 aliphatic heterocycles. The number of benzene rings is 2. The number of hydrazone groups is 1. The summed E-state index contributed by atoms with van der Waals surface area (Å²) in [6.07, 6.45) is 1.45. The first kappa shape index (κ1) is 18.0. The van der Waals surface area contributed by atoms with Gasteiger partial charge in [0.15, 0.2) is 6.61 Å². The first-order valence-electron chi connectivity index (χ1n) is 7.47. The van der Waals surface area contributed by atoms with Gasteiger partial charge in [0.05, 0.1) is 12.2 Å². The molecule has 1 amide bonds. The lowest BCUT2D eigenvalue weighted by Gasteiger charge is -2.06. The molecule has 0 atom stereocenters. The average molecular weight is 341 g/mol. The minimum atomic E-state index is -1.29. The van der Waals surface area contributed by atoms with Crippen LogP contribution in [-0.4, -0.2) is 31.3 Å². The Morgan fingerprint density at radius 1 is 1.08 bits per heavy atom. The van der Waals surface area contributed by atoms with Gasteiger partial charge in [0.2, 0.25) is 0 Å². The van der Waals surface area contributed by atoms with Crippen LogP contribution in [0.4, 0.5) is 0 Å². The molecule has 130 valence electrons. The summed E-state index contributed by atoms with van der Waals surface area (Å²) in [5.41, 5.74) is 4.11. The molecule has 2 rings (SSSR count). The Kier molecular flexibility index (Phi) is 6.53. The van der Waals surface area contributed by atoms with Crippen LogP contribution in [0.15, 0.2) is 53.6 Å². The van der Waals surface area contributed by atoms with Crippen LogP contribution in [0.5, 0.6) is 11.5 Å². The van der Waals surface area contributed by atoms with Gasteiger partial charge in [-0.05, 0) is 54.4 Å². The van der Waals surface area contributed by atoms with E-state index in [4.69, 9.17) is 9.47 Å². The number of hydrogen-bond donors (Lipinski definition) is 1. The van der Waals surface area contributed by atoms with E-state index in [9.17, 15) is 14.7 Å². The molecule has 0 heterocycles. The number of carboxylic acids is 1. The molecule has 25 heavy (non-hydrogen) atoms. The summed E-state index contributed by atoms with van der Waals surface area (Å²) >= 11 is 0. The summed E-state index contributed by atoms with van der Waals surface area (Å²) in [5.74, 6) is -0.656. The van der Waals surface area contributed by atoms with E-state index in [2.05, 4.69) is 10.5 Å². The van der Waals surface area contributed by atoms with Crippen molar-refractivity contribution in [3.8, 4) is 11.5 Å². The number of carboxylic acid groups (broad SMARTS) is 1. The van der Waals surface area contributed by atoms with Crippen molar-refractivity contribution in [1.82, 2.24) is 5.43 Å². The molecule has 7 nitrogen and oxygen atoms in total. The topological polar surface area (TPSA) is 100 Å². The maximum atomic E-state index is 11.7. The van der Waals surface area contributed by atoms with Crippen molar-refractivity contribution in [2.75, 3.05) is 13.2 Å². The summed E-state index contributed by atoms with van der Waals surface area (Å²) < 4.78 is 10.3. The molecule has 0 aliphatic rings. The number of ether oxygens (including phenoxy) is 2. The summed E-state index contributed by atoms with van der Waals surface area (Å²) in [4.78, 5) is 22.0. The molecule has 0 saturated carbocycles.